The third-order valence-electron chi connectivity index (χ3n) is 1.04. The summed E-state index contributed by atoms with van der Waals surface area (Å²) in [4.78, 5) is 0. The van der Waals surface area contributed by atoms with E-state index in [0.717, 1.165) is 9.13 Å². The molecule has 0 aromatic heterocycles. The van der Waals surface area contributed by atoms with Crippen LogP contribution in [0, 0.1) is 3.57 Å². The van der Waals surface area contributed by atoms with E-state index in [1.807, 2.05) is 18.2 Å². The average molecular weight is 236 g/mol. The molecule has 0 amide bonds. The fourth-order valence-corrected chi connectivity index (χ4v) is 1.23. The van der Waals surface area contributed by atoms with Crippen molar-refractivity contribution in [3.63, 3.8) is 0 Å². The maximum absolute atomic E-state index is 11.9. The third kappa shape index (κ3) is 1.93. The number of benzene rings is 1. The fourth-order valence-electron chi connectivity index (χ4n) is 0.620. The van der Waals surface area contributed by atoms with Gasteiger partial charge in [0.15, 0.2) is 0 Å². The van der Waals surface area contributed by atoms with Crippen LogP contribution in [0.4, 0.5) is 4.39 Å². The lowest BCUT2D eigenvalue weighted by atomic mass is 10.2. The Hall–Kier alpha value is -0.120. The van der Waals surface area contributed by atoms with Crippen molar-refractivity contribution in [2.75, 3.05) is 0 Å². The molecule has 0 unspecified atom stereocenters. The third-order valence-corrected chi connectivity index (χ3v) is 1.71. The van der Waals surface area contributed by atoms with Gasteiger partial charge in [-0.2, -0.15) is 0 Å². The van der Waals surface area contributed by atoms with Crippen molar-refractivity contribution in [3.8, 4) is 0 Å². The second kappa shape index (κ2) is 3.15. The minimum Gasteiger partial charge on any atom is -0.246 e. The lowest BCUT2D eigenvalue weighted by molar-refractivity contribution is 0.485. The Kier molecular flexibility index (Phi) is 2.45. The van der Waals surface area contributed by atoms with Crippen LogP contribution in [0.3, 0.4) is 0 Å². The SMILES string of the molecule is FCc1cccc(I)c1. The highest BCUT2D eigenvalue weighted by atomic mass is 127. The normalized spacial score (nSPS) is 9.56. The molecule has 9 heavy (non-hydrogen) atoms. The number of hydrogen-bond acceptors (Lipinski definition) is 0. The summed E-state index contributed by atoms with van der Waals surface area (Å²) in [5.74, 6) is 0. The lowest BCUT2D eigenvalue weighted by Gasteiger charge is -1.92. The molecular formula is C7H6FI. The molecule has 0 bridgehead atoms. The lowest BCUT2D eigenvalue weighted by Crippen LogP contribution is -1.77. The van der Waals surface area contributed by atoms with E-state index >= 15 is 0 Å². The Morgan fingerprint density at radius 1 is 1.44 bits per heavy atom. The van der Waals surface area contributed by atoms with Gasteiger partial charge < -0.3 is 0 Å². The van der Waals surface area contributed by atoms with Gasteiger partial charge in [0.05, 0.1) is 0 Å². The first-order valence-electron chi connectivity index (χ1n) is 2.63. The summed E-state index contributed by atoms with van der Waals surface area (Å²) in [6.45, 7) is -0.364. The highest BCUT2D eigenvalue weighted by molar-refractivity contribution is 14.1. The topological polar surface area (TPSA) is 0 Å². The molecule has 1 aromatic carbocycles. The quantitative estimate of drug-likeness (QED) is 0.657. The number of hydrogen-bond donors (Lipinski definition) is 0. The summed E-state index contributed by atoms with van der Waals surface area (Å²) in [7, 11) is 0. The molecule has 0 atom stereocenters. The van der Waals surface area contributed by atoms with Crippen LogP contribution < -0.4 is 0 Å². The molecule has 1 aromatic rings. The Morgan fingerprint density at radius 2 is 2.22 bits per heavy atom. The Balaban J connectivity index is 2.94. The van der Waals surface area contributed by atoms with Crippen molar-refractivity contribution in [2.45, 2.75) is 6.67 Å². The van der Waals surface area contributed by atoms with E-state index in [2.05, 4.69) is 22.6 Å². The van der Waals surface area contributed by atoms with Crippen LogP contribution >= 0.6 is 22.6 Å². The van der Waals surface area contributed by atoms with Gasteiger partial charge in [-0.05, 0) is 40.3 Å². The molecule has 0 aliphatic rings. The van der Waals surface area contributed by atoms with E-state index in [0.29, 0.717) is 0 Å². The van der Waals surface area contributed by atoms with Crippen molar-refractivity contribution < 1.29 is 4.39 Å². The van der Waals surface area contributed by atoms with Gasteiger partial charge in [0.1, 0.15) is 6.67 Å². The predicted octanol–water partition coefficient (Wildman–Crippen LogP) is 2.76. The maximum atomic E-state index is 11.9. The molecular weight excluding hydrogens is 230 g/mol. The predicted molar refractivity (Wildman–Crippen MR) is 44.0 cm³/mol. The van der Waals surface area contributed by atoms with Crippen LogP contribution in [0.1, 0.15) is 5.56 Å². The highest BCUT2D eigenvalue weighted by Gasteiger charge is 1.89. The summed E-state index contributed by atoms with van der Waals surface area (Å²) in [6, 6.07) is 7.42. The van der Waals surface area contributed by atoms with Crippen LogP contribution in [-0.2, 0) is 6.67 Å². The number of alkyl halides is 1. The first-order valence-corrected chi connectivity index (χ1v) is 3.71. The fraction of sp³-hybridized carbons (Fsp3) is 0.143. The summed E-state index contributed by atoms with van der Waals surface area (Å²) in [5.41, 5.74) is 0.752. The van der Waals surface area contributed by atoms with Crippen LogP contribution in [0.2, 0.25) is 0 Å². The molecule has 0 aliphatic heterocycles. The van der Waals surface area contributed by atoms with E-state index in [1.165, 1.54) is 0 Å². The van der Waals surface area contributed by atoms with Gasteiger partial charge >= 0.3 is 0 Å². The molecule has 0 spiro atoms. The van der Waals surface area contributed by atoms with Gasteiger partial charge in [-0.25, -0.2) is 4.39 Å². The summed E-state index contributed by atoms with van der Waals surface area (Å²) >= 11 is 2.16. The molecule has 0 nitrogen and oxygen atoms in total. The average Bonchev–Trinajstić information content (AvgIpc) is 1.88. The molecule has 0 heterocycles. The zero-order chi connectivity index (χ0) is 6.69. The Bertz CT molecular complexity index is 198. The van der Waals surface area contributed by atoms with E-state index < -0.39 is 0 Å². The van der Waals surface area contributed by atoms with E-state index in [-0.39, 0.29) is 6.67 Å². The first-order chi connectivity index (χ1) is 4.33. The van der Waals surface area contributed by atoms with Gasteiger partial charge in [0.25, 0.3) is 0 Å². The highest BCUT2D eigenvalue weighted by Crippen LogP contribution is 2.07. The molecule has 2 heteroatoms. The molecule has 0 N–H and O–H groups in total. The molecule has 0 fully saturated rings. The maximum Gasteiger partial charge on any atom is 0.115 e. The molecule has 0 radical (unpaired) electrons. The van der Waals surface area contributed by atoms with Crippen LogP contribution in [0.15, 0.2) is 24.3 Å². The largest absolute Gasteiger partial charge is 0.246 e. The first kappa shape index (κ1) is 6.99. The summed E-state index contributed by atoms with van der Waals surface area (Å²) in [6.07, 6.45) is 0. The van der Waals surface area contributed by atoms with Crippen molar-refractivity contribution in [3.05, 3.63) is 33.4 Å². The molecule has 0 saturated heterocycles. The summed E-state index contributed by atoms with van der Waals surface area (Å²) in [5, 5.41) is 0. The number of halogens is 2. The molecule has 48 valence electrons. The second-order valence-electron chi connectivity index (χ2n) is 1.76. The van der Waals surface area contributed by atoms with Gasteiger partial charge in [0.2, 0.25) is 0 Å². The zero-order valence-electron chi connectivity index (χ0n) is 4.77. The van der Waals surface area contributed by atoms with Crippen molar-refractivity contribution in [1.82, 2.24) is 0 Å². The molecule has 0 aliphatic carbocycles. The second-order valence-corrected chi connectivity index (χ2v) is 3.01. The Morgan fingerprint density at radius 3 is 2.67 bits per heavy atom. The van der Waals surface area contributed by atoms with Crippen LogP contribution in [0.5, 0.6) is 0 Å². The van der Waals surface area contributed by atoms with Crippen molar-refractivity contribution >= 4 is 22.6 Å². The van der Waals surface area contributed by atoms with Crippen LogP contribution in [-0.4, -0.2) is 0 Å². The minimum atomic E-state index is -0.364. The smallest absolute Gasteiger partial charge is 0.115 e. The van der Waals surface area contributed by atoms with Crippen LogP contribution in [0.25, 0.3) is 0 Å². The van der Waals surface area contributed by atoms with E-state index in [1.54, 1.807) is 6.07 Å². The monoisotopic (exact) mass is 236 g/mol. The van der Waals surface area contributed by atoms with Crippen molar-refractivity contribution in [1.29, 1.82) is 0 Å². The Labute approximate surface area is 67.2 Å². The summed E-state index contributed by atoms with van der Waals surface area (Å²) < 4.78 is 13.0. The number of rotatable bonds is 1. The standard InChI is InChI=1S/C7H6FI/c8-5-6-2-1-3-7(9)4-6/h1-4H,5H2. The molecule has 1 rings (SSSR count). The molecule has 0 saturated carbocycles. The van der Waals surface area contributed by atoms with Gasteiger partial charge in [0, 0.05) is 3.57 Å². The van der Waals surface area contributed by atoms with E-state index in [4.69, 9.17) is 0 Å². The minimum absolute atomic E-state index is 0.364. The van der Waals surface area contributed by atoms with E-state index in [9.17, 15) is 4.39 Å². The van der Waals surface area contributed by atoms with Gasteiger partial charge in [-0.15, -0.1) is 0 Å². The van der Waals surface area contributed by atoms with Gasteiger partial charge in [-0.3, -0.25) is 0 Å². The zero-order valence-corrected chi connectivity index (χ0v) is 6.93. The van der Waals surface area contributed by atoms with Crippen molar-refractivity contribution in [2.24, 2.45) is 0 Å². The van der Waals surface area contributed by atoms with Gasteiger partial charge in [-0.1, -0.05) is 12.1 Å².